The van der Waals surface area contributed by atoms with E-state index in [1.807, 2.05) is 5.10 Å². The van der Waals surface area contributed by atoms with Crippen LogP contribution in [0, 0.1) is 0 Å². The molecule has 2 heterocycles. The molecule has 0 bridgehead atoms. The minimum atomic E-state index is -4.69. The van der Waals surface area contributed by atoms with Gasteiger partial charge in [-0.05, 0) is 29.8 Å². The molecule has 6 nitrogen and oxygen atoms in total. The van der Waals surface area contributed by atoms with Crippen molar-refractivity contribution in [1.29, 1.82) is 0 Å². The van der Waals surface area contributed by atoms with Crippen LogP contribution in [0.4, 0.5) is 13.2 Å². The quantitative estimate of drug-likeness (QED) is 0.629. The number of aromatic nitrogens is 2. The standard InChI is InChI=1S/C18H13F3N2O4/c19-18(20,21)17-15(9-1-4-13-14(7-9)27-6-5-26-13)16(22-23-17)11-3-2-10(24)8-12(11)25/h1-4,7-8,24-25H,5-6H2,(H,22,23). The zero-order chi connectivity index (χ0) is 19.2. The molecule has 140 valence electrons. The van der Waals surface area contributed by atoms with Crippen LogP contribution in [0.15, 0.2) is 36.4 Å². The highest BCUT2D eigenvalue weighted by Crippen LogP contribution is 2.45. The molecular formula is C18H13F3N2O4. The number of hydrogen-bond donors (Lipinski definition) is 3. The van der Waals surface area contributed by atoms with Gasteiger partial charge >= 0.3 is 6.18 Å². The average molecular weight is 378 g/mol. The van der Waals surface area contributed by atoms with Gasteiger partial charge in [0.05, 0.1) is 0 Å². The fourth-order valence-corrected chi connectivity index (χ4v) is 2.94. The van der Waals surface area contributed by atoms with Crippen LogP contribution in [-0.4, -0.2) is 33.6 Å². The van der Waals surface area contributed by atoms with E-state index in [9.17, 15) is 23.4 Å². The summed E-state index contributed by atoms with van der Waals surface area (Å²) in [5.74, 6) is 0.155. The Hall–Kier alpha value is -3.36. The molecule has 9 heteroatoms. The minimum Gasteiger partial charge on any atom is -0.508 e. The number of alkyl halides is 3. The Bertz CT molecular complexity index is 1010. The van der Waals surface area contributed by atoms with Crippen molar-refractivity contribution < 1.29 is 32.9 Å². The monoisotopic (exact) mass is 378 g/mol. The Labute approximate surface area is 150 Å². The van der Waals surface area contributed by atoms with Crippen molar-refractivity contribution in [2.75, 3.05) is 13.2 Å². The van der Waals surface area contributed by atoms with Crippen LogP contribution in [0.2, 0.25) is 0 Å². The first-order valence-corrected chi connectivity index (χ1v) is 7.92. The summed E-state index contributed by atoms with van der Waals surface area (Å²) in [6.45, 7) is 0.651. The molecule has 4 rings (SSSR count). The first-order valence-electron chi connectivity index (χ1n) is 7.92. The summed E-state index contributed by atoms with van der Waals surface area (Å²) < 4.78 is 51.5. The Balaban J connectivity index is 1.94. The van der Waals surface area contributed by atoms with E-state index in [-0.39, 0.29) is 28.1 Å². The number of hydrogen-bond acceptors (Lipinski definition) is 5. The fraction of sp³-hybridized carbons (Fsp3) is 0.167. The molecule has 3 N–H and O–H groups in total. The molecule has 0 saturated heterocycles. The Morgan fingerprint density at radius 3 is 2.41 bits per heavy atom. The highest BCUT2D eigenvalue weighted by molar-refractivity contribution is 5.86. The number of halogens is 3. The van der Waals surface area contributed by atoms with Crippen molar-refractivity contribution in [2.24, 2.45) is 0 Å². The molecule has 1 aromatic heterocycles. The van der Waals surface area contributed by atoms with Gasteiger partial charge in [0.2, 0.25) is 0 Å². The van der Waals surface area contributed by atoms with Gasteiger partial charge in [0, 0.05) is 17.2 Å². The van der Waals surface area contributed by atoms with E-state index < -0.39 is 17.6 Å². The van der Waals surface area contributed by atoms with Crippen LogP contribution < -0.4 is 9.47 Å². The Kier molecular flexibility index (Phi) is 3.87. The number of phenols is 2. The van der Waals surface area contributed by atoms with Crippen LogP contribution >= 0.6 is 0 Å². The van der Waals surface area contributed by atoms with Gasteiger partial charge in [-0.3, -0.25) is 5.10 Å². The molecule has 0 radical (unpaired) electrons. The number of phenolic OH excluding ortho intramolecular Hbond substituents is 2. The number of ether oxygens (including phenoxy) is 2. The predicted octanol–water partition coefficient (Wildman–Crippen LogP) is 3.94. The summed E-state index contributed by atoms with van der Waals surface area (Å²) in [7, 11) is 0. The third kappa shape index (κ3) is 3.01. The van der Waals surface area contributed by atoms with Crippen molar-refractivity contribution in [3.63, 3.8) is 0 Å². The molecule has 2 aromatic carbocycles. The molecule has 0 spiro atoms. The van der Waals surface area contributed by atoms with E-state index in [4.69, 9.17) is 9.47 Å². The van der Waals surface area contributed by atoms with Crippen molar-refractivity contribution in [3.8, 4) is 45.4 Å². The highest BCUT2D eigenvalue weighted by atomic mass is 19.4. The number of fused-ring (bicyclic) bond motifs is 1. The molecule has 1 aliphatic heterocycles. The van der Waals surface area contributed by atoms with Crippen LogP contribution in [0.25, 0.3) is 22.4 Å². The van der Waals surface area contributed by atoms with Crippen molar-refractivity contribution >= 4 is 0 Å². The predicted molar refractivity (Wildman–Crippen MR) is 88.8 cm³/mol. The third-order valence-corrected chi connectivity index (χ3v) is 4.12. The number of aromatic amines is 1. The molecular weight excluding hydrogens is 365 g/mol. The van der Waals surface area contributed by atoms with Crippen molar-refractivity contribution in [1.82, 2.24) is 10.2 Å². The molecule has 0 atom stereocenters. The zero-order valence-corrected chi connectivity index (χ0v) is 13.7. The molecule has 0 saturated carbocycles. The van der Waals surface area contributed by atoms with E-state index >= 15 is 0 Å². The van der Waals surface area contributed by atoms with Crippen molar-refractivity contribution in [3.05, 3.63) is 42.1 Å². The van der Waals surface area contributed by atoms with Gasteiger partial charge in [0.15, 0.2) is 11.5 Å². The number of nitrogens with zero attached hydrogens (tertiary/aromatic N) is 1. The van der Waals surface area contributed by atoms with E-state index in [1.54, 1.807) is 0 Å². The number of nitrogens with one attached hydrogen (secondary N) is 1. The first kappa shape index (κ1) is 17.1. The summed E-state index contributed by atoms with van der Waals surface area (Å²) in [6.07, 6.45) is -4.69. The lowest BCUT2D eigenvalue weighted by Gasteiger charge is -2.19. The maximum Gasteiger partial charge on any atom is 0.433 e. The molecule has 0 fully saturated rings. The number of benzene rings is 2. The van der Waals surface area contributed by atoms with Gasteiger partial charge in [-0.15, -0.1) is 0 Å². The lowest BCUT2D eigenvalue weighted by Crippen LogP contribution is -2.15. The largest absolute Gasteiger partial charge is 0.508 e. The highest BCUT2D eigenvalue weighted by Gasteiger charge is 2.38. The Morgan fingerprint density at radius 2 is 1.70 bits per heavy atom. The SMILES string of the molecule is Oc1ccc(-c2n[nH]c(C(F)(F)F)c2-c2ccc3c(c2)OCCO3)c(O)c1. The summed E-state index contributed by atoms with van der Waals surface area (Å²) in [6, 6.07) is 8.01. The molecule has 0 aliphatic carbocycles. The van der Waals surface area contributed by atoms with Crippen LogP contribution in [0.5, 0.6) is 23.0 Å². The number of rotatable bonds is 2. The first-order chi connectivity index (χ1) is 12.8. The maximum atomic E-state index is 13.5. The fourth-order valence-electron chi connectivity index (χ4n) is 2.94. The smallest absolute Gasteiger partial charge is 0.433 e. The van der Waals surface area contributed by atoms with Gasteiger partial charge in [0.1, 0.15) is 36.1 Å². The van der Waals surface area contributed by atoms with Crippen LogP contribution in [-0.2, 0) is 6.18 Å². The zero-order valence-electron chi connectivity index (χ0n) is 13.7. The second-order valence-electron chi connectivity index (χ2n) is 5.88. The van der Waals surface area contributed by atoms with Gasteiger partial charge in [0.25, 0.3) is 0 Å². The molecule has 3 aromatic rings. The Morgan fingerprint density at radius 1 is 0.963 bits per heavy atom. The normalized spacial score (nSPS) is 13.6. The second kappa shape index (κ2) is 6.11. The maximum absolute atomic E-state index is 13.5. The van der Waals surface area contributed by atoms with Crippen LogP contribution in [0.1, 0.15) is 5.69 Å². The summed E-state index contributed by atoms with van der Waals surface area (Å²) in [5, 5.41) is 25.3. The van der Waals surface area contributed by atoms with Crippen molar-refractivity contribution in [2.45, 2.75) is 6.18 Å². The van der Waals surface area contributed by atoms with Crippen LogP contribution in [0.3, 0.4) is 0 Å². The third-order valence-electron chi connectivity index (χ3n) is 4.12. The van der Waals surface area contributed by atoms with E-state index in [0.717, 1.165) is 6.07 Å². The summed E-state index contributed by atoms with van der Waals surface area (Å²) in [5.41, 5.74) is -1.15. The molecule has 27 heavy (non-hydrogen) atoms. The molecule has 1 aliphatic rings. The molecule has 0 amide bonds. The minimum absolute atomic E-state index is 0.0458. The van der Waals surface area contributed by atoms with E-state index in [2.05, 4.69) is 5.10 Å². The van der Waals surface area contributed by atoms with E-state index in [1.165, 1.54) is 30.3 Å². The van der Waals surface area contributed by atoms with Gasteiger partial charge in [-0.1, -0.05) is 6.07 Å². The topological polar surface area (TPSA) is 87.6 Å². The number of H-pyrrole nitrogens is 1. The molecule has 0 unspecified atom stereocenters. The van der Waals surface area contributed by atoms with E-state index in [0.29, 0.717) is 24.7 Å². The van der Waals surface area contributed by atoms with Gasteiger partial charge < -0.3 is 19.7 Å². The lowest BCUT2D eigenvalue weighted by molar-refractivity contribution is -0.140. The average Bonchev–Trinajstić information content (AvgIpc) is 3.06. The van der Waals surface area contributed by atoms with Gasteiger partial charge in [-0.25, -0.2) is 0 Å². The van der Waals surface area contributed by atoms with Gasteiger partial charge in [-0.2, -0.15) is 18.3 Å². The lowest BCUT2D eigenvalue weighted by atomic mass is 9.97. The summed E-state index contributed by atoms with van der Waals surface area (Å²) in [4.78, 5) is 0. The number of aromatic hydroxyl groups is 2. The second-order valence-corrected chi connectivity index (χ2v) is 5.88. The summed E-state index contributed by atoms with van der Waals surface area (Å²) >= 11 is 0.